The second-order valence-electron chi connectivity index (χ2n) is 7.94. The maximum absolute atomic E-state index is 13.2. The number of halogens is 2. The molecule has 8 nitrogen and oxygen atoms in total. The number of carbonyl (C=O) groups excluding carboxylic acids is 3. The summed E-state index contributed by atoms with van der Waals surface area (Å²) in [5.41, 5.74) is 2.60. The molecule has 2 aromatic carbocycles. The Morgan fingerprint density at radius 3 is 2.50 bits per heavy atom. The summed E-state index contributed by atoms with van der Waals surface area (Å²) in [6, 6.07) is 10.9. The van der Waals surface area contributed by atoms with E-state index in [9.17, 15) is 14.4 Å². The minimum Gasteiger partial charge on any atom is -0.467 e. The van der Waals surface area contributed by atoms with Crippen molar-refractivity contribution in [3.8, 4) is 11.5 Å². The summed E-state index contributed by atoms with van der Waals surface area (Å²) < 4.78 is 17.6. The molecular weight excluding hydrogens is 483 g/mol. The fourth-order valence-corrected chi connectivity index (χ4v) is 5.14. The van der Waals surface area contributed by atoms with Crippen LogP contribution in [0.25, 0.3) is 10.9 Å². The van der Waals surface area contributed by atoms with Crippen molar-refractivity contribution in [2.45, 2.75) is 18.5 Å². The van der Waals surface area contributed by atoms with E-state index in [1.54, 1.807) is 18.2 Å². The summed E-state index contributed by atoms with van der Waals surface area (Å²) in [4.78, 5) is 40.6. The van der Waals surface area contributed by atoms with Gasteiger partial charge in [-0.15, -0.1) is 23.2 Å². The first-order chi connectivity index (χ1) is 16.5. The third-order valence-corrected chi connectivity index (χ3v) is 6.70. The minimum atomic E-state index is -0.940. The molecule has 1 amide bonds. The third kappa shape index (κ3) is 3.40. The van der Waals surface area contributed by atoms with E-state index in [4.69, 9.17) is 37.4 Å². The predicted octanol–water partition coefficient (Wildman–Crippen LogP) is 3.50. The maximum Gasteiger partial charge on any atom is 0.328 e. The lowest BCUT2D eigenvalue weighted by atomic mass is 9.87. The lowest BCUT2D eigenvalue weighted by molar-refractivity contribution is -0.154. The van der Waals surface area contributed by atoms with E-state index in [-0.39, 0.29) is 30.9 Å². The van der Waals surface area contributed by atoms with Crippen molar-refractivity contribution in [2.24, 2.45) is 0 Å². The van der Waals surface area contributed by atoms with Crippen LogP contribution >= 0.6 is 23.2 Å². The number of hydrogen-bond acceptors (Lipinski definition) is 6. The van der Waals surface area contributed by atoms with Gasteiger partial charge in [0.25, 0.3) is 0 Å². The Labute approximate surface area is 204 Å². The van der Waals surface area contributed by atoms with Crippen molar-refractivity contribution in [3.05, 3.63) is 59.3 Å². The fraction of sp³-hybridized carbons (Fsp3) is 0.292. The second kappa shape index (κ2) is 8.85. The molecule has 1 aromatic heterocycles. The number of para-hydroxylation sites is 1. The zero-order valence-electron chi connectivity index (χ0n) is 18.1. The van der Waals surface area contributed by atoms with Crippen LogP contribution in [0, 0.1) is 0 Å². The van der Waals surface area contributed by atoms with Gasteiger partial charge in [-0.25, -0.2) is 4.79 Å². The van der Waals surface area contributed by atoms with Gasteiger partial charge in [-0.05, 0) is 29.3 Å². The number of amides is 1. The van der Waals surface area contributed by atoms with Crippen molar-refractivity contribution in [1.82, 2.24) is 9.47 Å². The number of alkyl halides is 2. The molecule has 2 aliphatic heterocycles. The van der Waals surface area contributed by atoms with Crippen molar-refractivity contribution in [1.29, 1.82) is 0 Å². The number of benzene rings is 2. The highest BCUT2D eigenvalue weighted by Crippen LogP contribution is 2.45. The SMILES string of the molecule is COC(=O)[C@H]1Cc2c(n(C(=O)CCl)c3ccccc23)[C@@H](c2ccc3c(c2)OCO3)N1C(=O)CCl. The van der Waals surface area contributed by atoms with E-state index in [0.717, 1.165) is 10.9 Å². The molecule has 10 heteroatoms. The van der Waals surface area contributed by atoms with Crippen molar-refractivity contribution in [3.63, 3.8) is 0 Å². The molecule has 2 aliphatic rings. The van der Waals surface area contributed by atoms with Gasteiger partial charge in [0.2, 0.25) is 18.6 Å². The van der Waals surface area contributed by atoms with Crippen LogP contribution in [0.15, 0.2) is 42.5 Å². The molecule has 176 valence electrons. The number of rotatable bonds is 4. The topological polar surface area (TPSA) is 87.1 Å². The van der Waals surface area contributed by atoms with Crippen LogP contribution in [-0.4, -0.2) is 59.0 Å². The molecule has 0 aliphatic carbocycles. The molecule has 2 atom stereocenters. The normalized spacial score (nSPS) is 18.6. The van der Waals surface area contributed by atoms with E-state index >= 15 is 0 Å². The predicted molar refractivity (Wildman–Crippen MR) is 125 cm³/mol. The van der Waals surface area contributed by atoms with Gasteiger partial charge < -0.3 is 19.1 Å². The van der Waals surface area contributed by atoms with Crippen LogP contribution in [0.2, 0.25) is 0 Å². The first-order valence-electron chi connectivity index (χ1n) is 10.6. The monoisotopic (exact) mass is 502 g/mol. The van der Waals surface area contributed by atoms with Crippen molar-refractivity contribution < 1.29 is 28.6 Å². The van der Waals surface area contributed by atoms with Crippen molar-refractivity contribution >= 4 is 51.9 Å². The number of ether oxygens (including phenoxy) is 3. The van der Waals surface area contributed by atoms with Crippen LogP contribution in [0.4, 0.5) is 0 Å². The Balaban J connectivity index is 1.85. The molecule has 3 aromatic rings. The average molecular weight is 503 g/mol. The number of hydrogen-bond donors (Lipinski definition) is 0. The van der Waals surface area contributed by atoms with Gasteiger partial charge in [-0.3, -0.25) is 14.2 Å². The zero-order valence-corrected chi connectivity index (χ0v) is 19.6. The molecule has 0 unspecified atom stereocenters. The highest BCUT2D eigenvalue weighted by molar-refractivity contribution is 6.28. The second-order valence-corrected chi connectivity index (χ2v) is 8.47. The molecule has 5 rings (SSSR count). The zero-order chi connectivity index (χ0) is 24.0. The van der Waals surface area contributed by atoms with Gasteiger partial charge in [0, 0.05) is 11.8 Å². The average Bonchev–Trinajstić information content (AvgIpc) is 3.48. The summed E-state index contributed by atoms with van der Waals surface area (Å²) in [6.45, 7) is 0.0782. The van der Waals surface area contributed by atoms with E-state index in [1.165, 1.54) is 16.6 Å². The van der Waals surface area contributed by atoms with E-state index in [1.807, 2.05) is 24.3 Å². The highest BCUT2D eigenvalue weighted by Gasteiger charge is 2.45. The van der Waals surface area contributed by atoms with Gasteiger partial charge >= 0.3 is 5.97 Å². The molecule has 0 spiro atoms. The third-order valence-electron chi connectivity index (χ3n) is 6.24. The largest absolute Gasteiger partial charge is 0.467 e. The Morgan fingerprint density at radius 2 is 1.76 bits per heavy atom. The maximum atomic E-state index is 13.2. The highest BCUT2D eigenvalue weighted by atomic mass is 35.5. The van der Waals surface area contributed by atoms with Gasteiger partial charge in [-0.1, -0.05) is 24.3 Å². The van der Waals surface area contributed by atoms with Crippen LogP contribution in [0.1, 0.15) is 27.7 Å². The summed E-state index contributed by atoms with van der Waals surface area (Å²) in [5, 5.41) is 0.800. The number of aromatic nitrogens is 1. The van der Waals surface area contributed by atoms with Crippen LogP contribution in [-0.2, 0) is 20.7 Å². The summed E-state index contributed by atoms with van der Waals surface area (Å²) in [5.74, 6) is -0.938. The smallest absolute Gasteiger partial charge is 0.328 e. The Hall–Kier alpha value is -3.23. The molecule has 3 heterocycles. The number of nitrogens with zero attached hydrogens (tertiary/aromatic N) is 2. The molecule has 0 radical (unpaired) electrons. The first-order valence-corrected chi connectivity index (χ1v) is 11.6. The summed E-state index contributed by atoms with van der Waals surface area (Å²) >= 11 is 12.0. The Bertz CT molecular complexity index is 1320. The minimum absolute atomic E-state index is 0.0782. The van der Waals surface area contributed by atoms with Gasteiger partial charge in [-0.2, -0.15) is 0 Å². The number of carbonyl (C=O) groups is 3. The van der Waals surface area contributed by atoms with E-state index < -0.39 is 24.0 Å². The number of methoxy groups -OCH3 is 1. The van der Waals surface area contributed by atoms with Crippen LogP contribution < -0.4 is 9.47 Å². The number of fused-ring (bicyclic) bond motifs is 4. The Morgan fingerprint density at radius 1 is 1.03 bits per heavy atom. The van der Waals surface area contributed by atoms with Gasteiger partial charge in [0.05, 0.1) is 24.4 Å². The molecule has 0 bridgehead atoms. The number of esters is 1. The van der Waals surface area contributed by atoms with E-state index in [0.29, 0.717) is 28.3 Å². The molecular formula is C24H20Cl2N2O6. The van der Waals surface area contributed by atoms with Crippen LogP contribution in [0.5, 0.6) is 11.5 Å². The summed E-state index contributed by atoms with van der Waals surface area (Å²) in [6.07, 6.45) is 0.161. The quantitative estimate of drug-likeness (QED) is 0.400. The van der Waals surface area contributed by atoms with E-state index in [2.05, 4.69) is 0 Å². The van der Waals surface area contributed by atoms with Gasteiger partial charge in [0.1, 0.15) is 17.8 Å². The first kappa shape index (κ1) is 22.6. The summed E-state index contributed by atoms with van der Waals surface area (Å²) in [7, 11) is 1.27. The molecule has 34 heavy (non-hydrogen) atoms. The standard InChI is InChI=1S/C24H20Cl2N2O6/c1-32-24(31)17-9-15-14-4-2-3-5-16(14)27(20(29)10-25)23(15)22(28(17)21(30)11-26)13-6-7-18-19(8-13)34-12-33-18/h2-8,17,22H,9-12H2,1H3/t17-,22-/m1/s1. The van der Waals surface area contributed by atoms with Crippen LogP contribution in [0.3, 0.4) is 0 Å². The van der Waals surface area contributed by atoms with Crippen molar-refractivity contribution in [2.75, 3.05) is 25.7 Å². The molecule has 0 N–H and O–H groups in total. The van der Waals surface area contributed by atoms with Gasteiger partial charge in [0.15, 0.2) is 11.5 Å². The lowest BCUT2D eigenvalue weighted by Gasteiger charge is -2.41. The molecule has 0 saturated carbocycles. The lowest BCUT2D eigenvalue weighted by Crippen LogP contribution is -2.53. The molecule has 0 fully saturated rings. The fourth-order valence-electron chi connectivity index (χ4n) is 4.88. The Kier molecular flexibility index (Phi) is 5.87. The molecule has 0 saturated heterocycles.